The lowest BCUT2D eigenvalue weighted by atomic mass is 10.0. The first-order valence-electron chi connectivity index (χ1n) is 5.81. The van der Waals surface area contributed by atoms with Crippen LogP contribution >= 0.6 is 0 Å². The zero-order valence-electron chi connectivity index (χ0n) is 9.73. The van der Waals surface area contributed by atoms with Crippen LogP contribution in [0.1, 0.15) is 18.4 Å². The second kappa shape index (κ2) is 5.28. The van der Waals surface area contributed by atoms with Crippen LogP contribution in [0.5, 0.6) is 0 Å². The predicted molar refractivity (Wildman–Crippen MR) is 67.0 cm³/mol. The minimum absolute atomic E-state index is 0.367. The van der Waals surface area contributed by atoms with Gasteiger partial charge in [-0.25, -0.2) is 0 Å². The average molecular weight is 217 g/mol. The Hall–Kier alpha value is -1.12. The molecule has 0 radical (unpaired) electrons. The maximum absolute atomic E-state index is 5.91. The van der Waals surface area contributed by atoms with Crippen LogP contribution in [-0.4, -0.2) is 19.8 Å². The number of hydrogen-bond donors (Lipinski definition) is 1. The standard InChI is InChI=1S/C14H19NO/c1-16-8-7-12(13-10-14(13)15)9-11-5-3-2-4-6-11/h2-6,9,13-14H,7-8,10,15H2,1H3/b12-9+/t13-,14?/m0/s1. The molecule has 1 aliphatic carbocycles. The number of benzene rings is 1. The lowest BCUT2D eigenvalue weighted by molar-refractivity contribution is 0.201. The van der Waals surface area contributed by atoms with E-state index in [1.807, 2.05) is 6.07 Å². The lowest BCUT2D eigenvalue weighted by Crippen LogP contribution is -2.05. The Balaban J connectivity index is 2.08. The Morgan fingerprint density at radius 3 is 2.69 bits per heavy atom. The highest BCUT2D eigenvalue weighted by Gasteiger charge is 2.35. The first-order valence-corrected chi connectivity index (χ1v) is 5.81. The van der Waals surface area contributed by atoms with Gasteiger partial charge in [-0.3, -0.25) is 0 Å². The van der Waals surface area contributed by atoms with Gasteiger partial charge in [0.25, 0.3) is 0 Å². The van der Waals surface area contributed by atoms with Gasteiger partial charge in [-0.2, -0.15) is 0 Å². The van der Waals surface area contributed by atoms with Crippen molar-refractivity contribution in [3.8, 4) is 0 Å². The SMILES string of the molecule is COCC/C(=C\c1ccccc1)[C@@H]1CC1N. The maximum Gasteiger partial charge on any atom is 0.0499 e. The zero-order valence-corrected chi connectivity index (χ0v) is 9.73. The fourth-order valence-electron chi connectivity index (χ4n) is 1.99. The summed E-state index contributed by atoms with van der Waals surface area (Å²) in [5.41, 5.74) is 8.60. The predicted octanol–water partition coefficient (Wildman–Crippen LogP) is 2.45. The minimum atomic E-state index is 0.367. The van der Waals surface area contributed by atoms with Gasteiger partial charge in [-0.15, -0.1) is 0 Å². The summed E-state index contributed by atoms with van der Waals surface area (Å²) in [6.07, 6.45) is 4.38. The van der Waals surface area contributed by atoms with Crippen LogP contribution < -0.4 is 5.73 Å². The van der Waals surface area contributed by atoms with Crippen molar-refractivity contribution in [2.45, 2.75) is 18.9 Å². The zero-order chi connectivity index (χ0) is 11.4. The minimum Gasteiger partial charge on any atom is -0.384 e. The molecule has 1 unspecified atom stereocenters. The molecule has 86 valence electrons. The van der Waals surface area contributed by atoms with Gasteiger partial charge in [0, 0.05) is 19.8 Å². The molecule has 0 heterocycles. The molecule has 0 aromatic heterocycles. The Kier molecular flexibility index (Phi) is 3.75. The monoisotopic (exact) mass is 217 g/mol. The third-order valence-electron chi connectivity index (χ3n) is 3.06. The largest absolute Gasteiger partial charge is 0.384 e. The molecule has 1 fully saturated rings. The van der Waals surface area contributed by atoms with Crippen molar-refractivity contribution in [3.63, 3.8) is 0 Å². The molecule has 1 aromatic carbocycles. The number of methoxy groups -OCH3 is 1. The summed E-state index contributed by atoms with van der Waals surface area (Å²) >= 11 is 0. The highest BCUT2D eigenvalue weighted by Crippen LogP contribution is 2.38. The van der Waals surface area contributed by atoms with Gasteiger partial charge in [0.1, 0.15) is 0 Å². The Bertz CT molecular complexity index is 358. The van der Waals surface area contributed by atoms with Crippen LogP contribution in [0.15, 0.2) is 35.9 Å². The van der Waals surface area contributed by atoms with Gasteiger partial charge in [-0.1, -0.05) is 42.0 Å². The van der Waals surface area contributed by atoms with Crippen LogP contribution in [0.4, 0.5) is 0 Å². The summed E-state index contributed by atoms with van der Waals surface area (Å²) in [6, 6.07) is 10.8. The van der Waals surface area contributed by atoms with E-state index in [0.29, 0.717) is 12.0 Å². The molecule has 0 aliphatic heterocycles. The van der Waals surface area contributed by atoms with Gasteiger partial charge in [0.2, 0.25) is 0 Å². The van der Waals surface area contributed by atoms with Crippen molar-refractivity contribution < 1.29 is 4.74 Å². The molecular formula is C14H19NO. The first-order chi connectivity index (χ1) is 7.81. The summed E-state index contributed by atoms with van der Waals surface area (Å²) in [5, 5.41) is 0. The number of nitrogens with two attached hydrogens (primary N) is 1. The maximum atomic E-state index is 5.91. The highest BCUT2D eigenvalue weighted by molar-refractivity contribution is 5.54. The molecule has 2 N–H and O–H groups in total. The van der Waals surface area contributed by atoms with Crippen molar-refractivity contribution in [1.29, 1.82) is 0 Å². The topological polar surface area (TPSA) is 35.2 Å². The van der Waals surface area contributed by atoms with Crippen molar-refractivity contribution in [2.24, 2.45) is 11.7 Å². The van der Waals surface area contributed by atoms with Gasteiger partial charge in [0.15, 0.2) is 0 Å². The van der Waals surface area contributed by atoms with E-state index in [2.05, 4.69) is 30.3 Å². The summed E-state index contributed by atoms with van der Waals surface area (Å²) in [5.74, 6) is 0.579. The quantitative estimate of drug-likeness (QED) is 0.822. The van der Waals surface area contributed by atoms with Crippen LogP contribution in [0.3, 0.4) is 0 Å². The van der Waals surface area contributed by atoms with Crippen molar-refractivity contribution in [2.75, 3.05) is 13.7 Å². The van der Waals surface area contributed by atoms with Gasteiger partial charge < -0.3 is 10.5 Å². The summed E-state index contributed by atoms with van der Waals surface area (Å²) in [6.45, 7) is 0.780. The van der Waals surface area contributed by atoms with E-state index in [4.69, 9.17) is 10.5 Å². The molecule has 2 rings (SSSR count). The number of ether oxygens (including phenoxy) is 1. The van der Waals surface area contributed by atoms with E-state index in [1.165, 1.54) is 11.1 Å². The Labute approximate surface area is 97.1 Å². The van der Waals surface area contributed by atoms with Crippen LogP contribution in [-0.2, 0) is 4.74 Å². The van der Waals surface area contributed by atoms with Crippen LogP contribution in [0, 0.1) is 5.92 Å². The molecule has 1 aromatic rings. The van der Waals surface area contributed by atoms with Gasteiger partial charge >= 0.3 is 0 Å². The molecule has 2 atom stereocenters. The summed E-state index contributed by atoms with van der Waals surface area (Å²) in [7, 11) is 1.74. The molecule has 1 saturated carbocycles. The van der Waals surface area contributed by atoms with E-state index in [-0.39, 0.29) is 0 Å². The van der Waals surface area contributed by atoms with E-state index in [9.17, 15) is 0 Å². The smallest absolute Gasteiger partial charge is 0.0499 e. The average Bonchev–Trinajstić information content (AvgIpc) is 3.03. The summed E-state index contributed by atoms with van der Waals surface area (Å²) < 4.78 is 5.14. The van der Waals surface area contributed by atoms with E-state index < -0.39 is 0 Å². The molecule has 2 heteroatoms. The third kappa shape index (κ3) is 2.94. The normalized spacial score (nSPS) is 24.5. The van der Waals surface area contributed by atoms with Gasteiger partial charge in [0.05, 0.1) is 0 Å². The van der Waals surface area contributed by atoms with E-state index in [1.54, 1.807) is 7.11 Å². The Morgan fingerprint density at radius 2 is 2.12 bits per heavy atom. The number of hydrogen-bond acceptors (Lipinski definition) is 2. The first kappa shape index (κ1) is 11.4. The molecule has 0 spiro atoms. The lowest BCUT2D eigenvalue weighted by Gasteiger charge is -2.06. The second-order valence-electron chi connectivity index (χ2n) is 4.38. The second-order valence-corrected chi connectivity index (χ2v) is 4.38. The molecule has 16 heavy (non-hydrogen) atoms. The van der Waals surface area contributed by atoms with E-state index >= 15 is 0 Å². The third-order valence-corrected chi connectivity index (χ3v) is 3.06. The van der Waals surface area contributed by atoms with Gasteiger partial charge in [-0.05, 0) is 24.3 Å². The van der Waals surface area contributed by atoms with Crippen molar-refractivity contribution in [3.05, 3.63) is 41.5 Å². The molecule has 2 nitrogen and oxygen atoms in total. The molecule has 0 saturated heterocycles. The van der Waals surface area contributed by atoms with E-state index in [0.717, 1.165) is 19.4 Å². The van der Waals surface area contributed by atoms with Crippen molar-refractivity contribution >= 4 is 6.08 Å². The molecule has 0 amide bonds. The Morgan fingerprint density at radius 1 is 1.44 bits per heavy atom. The molecule has 0 bridgehead atoms. The fourth-order valence-corrected chi connectivity index (χ4v) is 1.99. The highest BCUT2D eigenvalue weighted by atomic mass is 16.5. The summed E-state index contributed by atoms with van der Waals surface area (Å²) in [4.78, 5) is 0. The molecular weight excluding hydrogens is 198 g/mol. The van der Waals surface area contributed by atoms with Crippen LogP contribution in [0.2, 0.25) is 0 Å². The molecule has 1 aliphatic rings. The number of rotatable bonds is 5. The fraction of sp³-hybridized carbons (Fsp3) is 0.429. The van der Waals surface area contributed by atoms with Crippen LogP contribution in [0.25, 0.3) is 6.08 Å². The van der Waals surface area contributed by atoms with Crippen molar-refractivity contribution in [1.82, 2.24) is 0 Å².